The molecule has 74 valence electrons. The molecular formula is C11H8ClN3. The number of fused-ring (bicyclic) bond motifs is 3. The van der Waals surface area contributed by atoms with Gasteiger partial charge in [-0.1, -0.05) is 17.7 Å². The van der Waals surface area contributed by atoms with Crippen molar-refractivity contribution < 1.29 is 0 Å². The molecule has 0 bridgehead atoms. The molecule has 0 atom stereocenters. The van der Waals surface area contributed by atoms with Gasteiger partial charge in [0.1, 0.15) is 0 Å². The smallest absolute Gasteiger partial charge is 0.175 e. The molecule has 0 aliphatic heterocycles. The third kappa shape index (κ3) is 1.20. The van der Waals surface area contributed by atoms with E-state index in [2.05, 4.69) is 23.0 Å². The first kappa shape index (κ1) is 8.68. The fourth-order valence-electron chi connectivity index (χ4n) is 1.73. The van der Waals surface area contributed by atoms with Gasteiger partial charge >= 0.3 is 0 Å². The normalized spacial score (nSPS) is 11.3. The van der Waals surface area contributed by atoms with E-state index in [-0.39, 0.29) is 0 Å². The van der Waals surface area contributed by atoms with Crippen LogP contribution in [-0.4, -0.2) is 14.4 Å². The maximum Gasteiger partial charge on any atom is 0.175 e. The zero-order chi connectivity index (χ0) is 10.4. The quantitative estimate of drug-likeness (QED) is 0.580. The monoisotopic (exact) mass is 217 g/mol. The second kappa shape index (κ2) is 2.94. The third-order valence-corrected chi connectivity index (χ3v) is 2.69. The summed E-state index contributed by atoms with van der Waals surface area (Å²) in [6.07, 6.45) is 3.62. The molecule has 0 fully saturated rings. The SMILES string of the molecule is Cc1ccc2nc(Cl)c3nccn3c2c1. The standard InChI is InChI=1S/C11H8ClN3/c1-7-2-3-8-9(6-7)15-5-4-13-11(15)10(12)14-8/h2-6H,1H3. The van der Waals surface area contributed by atoms with E-state index in [9.17, 15) is 0 Å². The van der Waals surface area contributed by atoms with E-state index in [1.165, 1.54) is 5.56 Å². The molecular weight excluding hydrogens is 210 g/mol. The van der Waals surface area contributed by atoms with E-state index in [1.807, 2.05) is 22.7 Å². The topological polar surface area (TPSA) is 30.2 Å². The van der Waals surface area contributed by atoms with Crippen LogP contribution in [0.2, 0.25) is 5.15 Å². The van der Waals surface area contributed by atoms with Crippen molar-refractivity contribution in [3.05, 3.63) is 41.3 Å². The number of aromatic nitrogens is 3. The Morgan fingerprint density at radius 2 is 2.20 bits per heavy atom. The molecule has 3 nitrogen and oxygen atoms in total. The molecule has 15 heavy (non-hydrogen) atoms. The number of halogens is 1. The van der Waals surface area contributed by atoms with Crippen LogP contribution >= 0.6 is 11.6 Å². The van der Waals surface area contributed by atoms with Gasteiger partial charge < -0.3 is 0 Å². The lowest BCUT2D eigenvalue weighted by molar-refractivity contribution is 1.20. The number of nitrogens with zero attached hydrogens (tertiary/aromatic N) is 3. The Balaban J connectivity index is 2.61. The van der Waals surface area contributed by atoms with Gasteiger partial charge in [-0.05, 0) is 24.6 Å². The van der Waals surface area contributed by atoms with Crippen molar-refractivity contribution in [3.63, 3.8) is 0 Å². The van der Waals surface area contributed by atoms with Crippen molar-refractivity contribution in [2.75, 3.05) is 0 Å². The van der Waals surface area contributed by atoms with Crippen molar-refractivity contribution in [2.24, 2.45) is 0 Å². The van der Waals surface area contributed by atoms with Crippen LogP contribution in [-0.2, 0) is 0 Å². The third-order valence-electron chi connectivity index (χ3n) is 2.43. The molecule has 0 amide bonds. The highest BCUT2D eigenvalue weighted by Crippen LogP contribution is 2.21. The summed E-state index contributed by atoms with van der Waals surface area (Å²) in [7, 11) is 0. The fourth-order valence-corrected chi connectivity index (χ4v) is 1.96. The van der Waals surface area contributed by atoms with Crippen molar-refractivity contribution in [1.82, 2.24) is 14.4 Å². The van der Waals surface area contributed by atoms with Crippen LogP contribution in [0.3, 0.4) is 0 Å². The van der Waals surface area contributed by atoms with Crippen molar-refractivity contribution in [3.8, 4) is 0 Å². The number of hydrogen-bond donors (Lipinski definition) is 0. The molecule has 1 aromatic carbocycles. The maximum absolute atomic E-state index is 6.02. The number of rotatable bonds is 0. The van der Waals surface area contributed by atoms with Crippen LogP contribution in [0.5, 0.6) is 0 Å². The Kier molecular flexibility index (Phi) is 1.70. The van der Waals surface area contributed by atoms with Crippen LogP contribution in [0.25, 0.3) is 16.7 Å². The Morgan fingerprint density at radius 1 is 1.33 bits per heavy atom. The van der Waals surface area contributed by atoms with Crippen molar-refractivity contribution in [1.29, 1.82) is 0 Å². The van der Waals surface area contributed by atoms with Gasteiger partial charge in [0.15, 0.2) is 10.8 Å². The van der Waals surface area contributed by atoms with Gasteiger partial charge in [0.05, 0.1) is 11.0 Å². The molecule has 0 N–H and O–H groups in total. The van der Waals surface area contributed by atoms with Crippen molar-refractivity contribution in [2.45, 2.75) is 6.92 Å². The first-order valence-corrected chi connectivity index (χ1v) is 5.02. The van der Waals surface area contributed by atoms with E-state index >= 15 is 0 Å². The minimum atomic E-state index is 0.441. The largest absolute Gasteiger partial charge is 0.296 e. The highest BCUT2D eigenvalue weighted by Gasteiger charge is 2.06. The molecule has 4 heteroatoms. The average molecular weight is 218 g/mol. The summed E-state index contributed by atoms with van der Waals surface area (Å²) in [4.78, 5) is 8.47. The highest BCUT2D eigenvalue weighted by molar-refractivity contribution is 6.32. The maximum atomic E-state index is 6.02. The average Bonchev–Trinajstić information content (AvgIpc) is 2.69. The predicted molar refractivity (Wildman–Crippen MR) is 60.2 cm³/mol. The van der Waals surface area contributed by atoms with Gasteiger partial charge in [0.25, 0.3) is 0 Å². The van der Waals surface area contributed by atoms with Gasteiger partial charge in [-0.15, -0.1) is 0 Å². The molecule has 0 saturated carbocycles. The van der Waals surface area contributed by atoms with Crippen LogP contribution in [0, 0.1) is 6.92 Å². The molecule has 0 unspecified atom stereocenters. The Morgan fingerprint density at radius 3 is 3.07 bits per heavy atom. The summed E-state index contributed by atoms with van der Waals surface area (Å²) in [6.45, 7) is 2.05. The lowest BCUT2D eigenvalue weighted by Gasteiger charge is -2.03. The number of benzene rings is 1. The Labute approximate surface area is 91.3 Å². The van der Waals surface area contributed by atoms with Gasteiger partial charge in [-0.25, -0.2) is 9.97 Å². The second-order valence-corrected chi connectivity index (χ2v) is 3.87. The van der Waals surface area contributed by atoms with Gasteiger partial charge in [-0.3, -0.25) is 4.40 Å². The van der Waals surface area contributed by atoms with Crippen LogP contribution in [0.15, 0.2) is 30.6 Å². The number of hydrogen-bond acceptors (Lipinski definition) is 2. The molecule has 3 rings (SSSR count). The Hall–Kier alpha value is -1.61. The van der Waals surface area contributed by atoms with E-state index in [0.717, 1.165) is 11.0 Å². The molecule has 2 aromatic heterocycles. The number of imidazole rings is 1. The Bertz CT molecular complexity index is 657. The summed E-state index contributed by atoms with van der Waals surface area (Å²) in [5.41, 5.74) is 3.82. The van der Waals surface area contributed by atoms with Gasteiger partial charge in [0.2, 0.25) is 0 Å². The van der Waals surface area contributed by atoms with Crippen LogP contribution < -0.4 is 0 Å². The minimum Gasteiger partial charge on any atom is -0.296 e. The number of aryl methyl sites for hydroxylation is 1. The highest BCUT2D eigenvalue weighted by atomic mass is 35.5. The molecule has 2 heterocycles. The summed E-state index contributed by atoms with van der Waals surface area (Å²) in [5.74, 6) is 0. The molecule has 0 saturated heterocycles. The molecule has 0 spiro atoms. The lowest BCUT2D eigenvalue weighted by Crippen LogP contribution is -1.92. The zero-order valence-corrected chi connectivity index (χ0v) is 8.86. The second-order valence-electron chi connectivity index (χ2n) is 3.52. The first-order chi connectivity index (χ1) is 7.25. The fraction of sp³-hybridized carbons (Fsp3) is 0.0909. The molecule has 3 aromatic rings. The summed E-state index contributed by atoms with van der Waals surface area (Å²) in [5, 5.41) is 0.441. The zero-order valence-electron chi connectivity index (χ0n) is 8.11. The molecule has 0 radical (unpaired) electrons. The van der Waals surface area contributed by atoms with Crippen LogP contribution in [0.1, 0.15) is 5.56 Å². The van der Waals surface area contributed by atoms with Gasteiger partial charge in [-0.2, -0.15) is 0 Å². The molecule has 0 aliphatic carbocycles. The summed E-state index contributed by atoms with van der Waals surface area (Å²) >= 11 is 6.02. The van der Waals surface area contributed by atoms with Gasteiger partial charge in [0, 0.05) is 12.4 Å². The molecule has 0 aliphatic rings. The van der Waals surface area contributed by atoms with Crippen molar-refractivity contribution >= 4 is 28.3 Å². The lowest BCUT2D eigenvalue weighted by atomic mass is 10.2. The summed E-state index contributed by atoms with van der Waals surface area (Å²) < 4.78 is 1.96. The minimum absolute atomic E-state index is 0.441. The van der Waals surface area contributed by atoms with E-state index in [4.69, 9.17) is 11.6 Å². The predicted octanol–water partition coefficient (Wildman–Crippen LogP) is 2.84. The van der Waals surface area contributed by atoms with E-state index in [1.54, 1.807) is 6.20 Å². The van der Waals surface area contributed by atoms with E-state index in [0.29, 0.717) is 10.8 Å². The van der Waals surface area contributed by atoms with Crippen LogP contribution in [0.4, 0.5) is 0 Å². The van der Waals surface area contributed by atoms with E-state index < -0.39 is 0 Å². The first-order valence-electron chi connectivity index (χ1n) is 4.64. The summed E-state index contributed by atoms with van der Waals surface area (Å²) in [6, 6.07) is 6.07.